The van der Waals surface area contributed by atoms with E-state index in [0.29, 0.717) is 28.0 Å². The number of carbonyl (C=O) groups is 1. The summed E-state index contributed by atoms with van der Waals surface area (Å²) < 4.78 is 50.4. The van der Waals surface area contributed by atoms with Crippen LogP contribution in [-0.4, -0.2) is 18.0 Å². The molecule has 3 aromatic rings. The van der Waals surface area contributed by atoms with Gasteiger partial charge in [0.15, 0.2) is 11.5 Å². The fourth-order valence-corrected chi connectivity index (χ4v) is 3.14. The van der Waals surface area contributed by atoms with Gasteiger partial charge in [-0.05, 0) is 43.7 Å². The van der Waals surface area contributed by atoms with Crippen LogP contribution in [0.4, 0.5) is 18.9 Å². The fourth-order valence-electron chi connectivity index (χ4n) is 3.14. The Morgan fingerprint density at radius 1 is 1.14 bits per heavy atom. The molecule has 0 bridgehead atoms. The van der Waals surface area contributed by atoms with Crippen LogP contribution >= 0.6 is 0 Å². The maximum absolute atomic E-state index is 13.0. The van der Waals surface area contributed by atoms with Crippen LogP contribution in [-0.2, 0) is 11.0 Å². The van der Waals surface area contributed by atoms with Crippen molar-refractivity contribution in [1.82, 2.24) is 4.98 Å². The second-order valence-electron chi connectivity index (χ2n) is 6.57. The van der Waals surface area contributed by atoms with Gasteiger partial charge in [-0.2, -0.15) is 13.2 Å². The first-order chi connectivity index (χ1) is 13.6. The Morgan fingerprint density at radius 2 is 1.86 bits per heavy atom. The van der Waals surface area contributed by atoms with E-state index < -0.39 is 11.7 Å². The van der Waals surface area contributed by atoms with E-state index in [9.17, 15) is 18.0 Å². The number of hydrogen-bond acceptors (Lipinski definition) is 4. The molecule has 8 heteroatoms. The number of hydrogen-bond donors (Lipinski definition) is 1. The summed E-state index contributed by atoms with van der Waals surface area (Å²) in [6.45, 7) is 5.00. The zero-order valence-electron chi connectivity index (χ0n) is 16.3. The first kappa shape index (κ1) is 20.4. The largest absolute Gasteiger partial charge is 0.494 e. The Hall–Kier alpha value is -3.29. The van der Waals surface area contributed by atoms with E-state index in [1.54, 1.807) is 6.92 Å². The van der Waals surface area contributed by atoms with Crippen molar-refractivity contribution < 1.29 is 27.4 Å². The zero-order valence-corrected chi connectivity index (χ0v) is 16.3. The van der Waals surface area contributed by atoms with Crippen molar-refractivity contribution in [1.29, 1.82) is 0 Å². The van der Waals surface area contributed by atoms with Crippen molar-refractivity contribution in [3.63, 3.8) is 0 Å². The number of halogens is 3. The third kappa shape index (κ3) is 4.26. The van der Waals surface area contributed by atoms with Crippen molar-refractivity contribution in [2.75, 3.05) is 12.4 Å². The molecule has 1 N–H and O–H groups in total. The van der Waals surface area contributed by atoms with Crippen LogP contribution in [0.3, 0.4) is 0 Å². The summed E-state index contributed by atoms with van der Waals surface area (Å²) in [5.41, 5.74) is 1.47. The molecule has 1 heterocycles. The number of aryl methyl sites for hydroxylation is 2. The lowest BCUT2D eigenvalue weighted by atomic mass is 10.1. The average Bonchev–Trinajstić information content (AvgIpc) is 2.61. The molecule has 0 unspecified atom stereocenters. The number of benzene rings is 2. The lowest BCUT2D eigenvalue weighted by Crippen LogP contribution is -2.08. The van der Waals surface area contributed by atoms with Crippen LogP contribution in [0.5, 0.6) is 17.2 Å². The van der Waals surface area contributed by atoms with Crippen LogP contribution in [0.2, 0.25) is 0 Å². The van der Waals surface area contributed by atoms with Gasteiger partial charge < -0.3 is 14.8 Å². The maximum atomic E-state index is 13.0. The van der Waals surface area contributed by atoms with Crippen molar-refractivity contribution in [2.24, 2.45) is 0 Å². The molecule has 1 aromatic heterocycles. The van der Waals surface area contributed by atoms with Gasteiger partial charge in [0, 0.05) is 18.7 Å². The highest BCUT2D eigenvalue weighted by atomic mass is 19.4. The molecule has 5 nitrogen and oxygen atoms in total. The number of aromatic nitrogens is 1. The minimum Gasteiger partial charge on any atom is -0.494 e. The van der Waals surface area contributed by atoms with Gasteiger partial charge in [0.1, 0.15) is 11.3 Å². The van der Waals surface area contributed by atoms with E-state index in [0.717, 1.165) is 17.7 Å². The number of carbonyl (C=O) groups excluding carboxylic acids is 1. The highest BCUT2D eigenvalue weighted by Gasteiger charge is 2.30. The van der Waals surface area contributed by atoms with E-state index in [1.165, 1.54) is 32.2 Å². The molecule has 0 aliphatic rings. The topological polar surface area (TPSA) is 60.5 Å². The van der Waals surface area contributed by atoms with Gasteiger partial charge >= 0.3 is 6.18 Å². The molecule has 0 aliphatic heterocycles. The molecule has 0 atom stereocenters. The van der Waals surface area contributed by atoms with E-state index in [2.05, 4.69) is 10.3 Å². The number of rotatable bonds is 4. The number of alkyl halides is 3. The number of pyridine rings is 1. The summed E-state index contributed by atoms with van der Waals surface area (Å²) in [7, 11) is 1.47. The van der Waals surface area contributed by atoms with E-state index >= 15 is 0 Å². The molecule has 0 radical (unpaired) electrons. The van der Waals surface area contributed by atoms with Gasteiger partial charge in [0.2, 0.25) is 5.91 Å². The lowest BCUT2D eigenvalue weighted by molar-refractivity contribution is -0.137. The minimum absolute atomic E-state index is 0.000950. The normalized spacial score (nSPS) is 11.4. The number of anilines is 1. The molecular formula is C21H19F3N2O3. The Balaban J connectivity index is 2.23. The first-order valence-corrected chi connectivity index (χ1v) is 8.71. The third-order valence-corrected chi connectivity index (χ3v) is 4.23. The predicted molar refractivity (Wildman–Crippen MR) is 104 cm³/mol. The maximum Gasteiger partial charge on any atom is 0.416 e. The lowest BCUT2D eigenvalue weighted by Gasteiger charge is -2.18. The quantitative estimate of drug-likeness (QED) is 0.612. The van der Waals surface area contributed by atoms with Crippen LogP contribution in [0.1, 0.15) is 23.7 Å². The van der Waals surface area contributed by atoms with E-state index in [4.69, 9.17) is 9.47 Å². The molecule has 0 fully saturated rings. The molecule has 0 saturated carbocycles. The second-order valence-corrected chi connectivity index (χ2v) is 6.57. The molecule has 152 valence electrons. The van der Waals surface area contributed by atoms with Crippen LogP contribution in [0.25, 0.3) is 10.9 Å². The summed E-state index contributed by atoms with van der Waals surface area (Å²) in [4.78, 5) is 16.1. The number of methoxy groups -OCH3 is 1. The molecule has 0 saturated heterocycles. The SMILES string of the molecule is COc1c(NC(C)=O)cc(Oc2cccc(C(F)(F)F)c2)c2nc(C)cc(C)c12. The molecule has 0 spiro atoms. The van der Waals surface area contributed by atoms with Crippen molar-refractivity contribution in [3.05, 3.63) is 53.2 Å². The Kier molecular flexibility index (Phi) is 5.37. The van der Waals surface area contributed by atoms with Crippen molar-refractivity contribution in [3.8, 4) is 17.2 Å². The third-order valence-electron chi connectivity index (χ3n) is 4.23. The number of fused-ring (bicyclic) bond motifs is 1. The predicted octanol–water partition coefficient (Wildman–Crippen LogP) is 5.63. The summed E-state index contributed by atoms with van der Waals surface area (Å²) in [6, 6.07) is 7.91. The molecular weight excluding hydrogens is 385 g/mol. The van der Waals surface area contributed by atoms with Crippen molar-refractivity contribution in [2.45, 2.75) is 26.9 Å². The second kappa shape index (κ2) is 7.62. The molecule has 3 rings (SSSR count). The van der Waals surface area contributed by atoms with Gasteiger partial charge in [0.05, 0.1) is 23.7 Å². The Morgan fingerprint density at radius 3 is 2.48 bits per heavy atom. The van der Waals surface area contributed by atoms with Gasteiger partial charge in [-0.3, -0.25) is 4.79 Å². The molecule has 2 aromatic carbocycles. The van der Waals surface area contributed by atoms with Gasteiger partial charge in [-0.15, -0.1) is 0 Å². The minimum atomic E-state index is -4.49. The highest BCUT2D eigenvalue weighted by molar-refractivity contribution is 6.02. The van der Waals surface area contributed by atoms with E-state index in [1.807, 2.05) is 13.0 Å². The molecule has 0 aliphatic carbocycles. The summed E-state index contributed by atoms with van der Waals surface area (Å²) in [5.74, 6) is 0.277. The summed E-state index contributed by atoms with van der Waals surface area (Å²) in [6.07, 6.45) is -4.49. The van der Waals surface area contributed by atoms with Gasteiger partial charge in [-0.1, -0.05) is 6.07 Å². The van der Waals surface area contributed by atoms with Crippen LogP contribution in [0.15, 0.2) is 36.4 Å². The highest BCUT2D eigenvalue weighted by Crippen LogP contribution is 2.43. The van der Waals surface area contributed by atoms with Crippen LogP contribution in [0, 0.1) is 13.8 Å². The van der Waals surface area contributed by atoms with Gasteiger partial charge in [0.25, 0.3) is 0 Å². The summed E-state index contributed by atoms with van der Waals surface area (Å²) >= 11 is 0. The smallest absolute Gasteiger partial charge is 0.416 e. The first-order valence-electron chi connectivity index (χ1n) is 8.71. The Labute approximate surface area is 165 Å². The monoisotopic (exact) mass is 404 g/mol. The van der Waals surface area contributed by atoms with Crippen molar-refractivity contribution >= 4 is 22.5 Å². The zero-order chi connectivity index (χ0) is 21.3. The van der Waals surface area contributed by atoms with Crippen LogP contribution < -0.4 is 14.8 Å². The number of nitrogens with zero attached hydrogens (tertiary/aromatic N) is 1. The molecule has 29 heavy (non-hydrogen) atoms. The number of amides is 1. The Bertz CT molecular complexity index is 1090. The molecule has 1 amide bonds. The standard InChI is InChI=1S/C21H19F3N2O3/c1-11-8-12(2)25-19-17(10-16(26-13(3)27)20(28-4)18(11)19)29-15-7-5-6-14(9-15)21(22,23)24/h5-10H,1-4H3,(H,26,27). The number of nitrogens with one attached hydrogen (secondary N) is 1. The average molecular weight is 404 g/mol. The number of ether oxygens (including phenoxy) is 2. The van der Waals surface area contributed by atoms with Gasteiger partial charge in [-0.25, -0.2) is 4.98 Å². The summed E-state index contributed by atoms with van der Waals surface area (Å²) in [5, 5.41) is 3.27. The van der Waals surface area contributed by atoms with E-state index in [-0.39, 0.29) is 17.4 Å². The fraction of sp³-hybridized carbons (Fsp3) is 0.238.